The van der Waals surface area contributed by atoms with E-state index in [1.54, 1.807) is 0 Å². The van der Waals surface area contributed by atoms with E-state index in [-0.39, 0.29) is 16.9 Å². The van der Waals surface area contributed by atoms with Crippen molar-refractivity contribution in [3.8, 4) is 0 Å². The van der Waals surface area contributed by atoms with Gasteiger partial charge in [0.25, 0.3) is 5.91 Å². The molecule has 1 aliphatic carbocycles. The highest BCUT2D eigenvalue weighted by Crippen LogP contribution is 2.47. The maximum atomic E-state index is 13.3. The summed E-state index contributed by atoms with van der Waals surface area (Å²) in [5, 5.41) is 5.97. The van der Waals surface area contributed by atoms with Gasteiger partial charge >= 0.3 is 0 Å². The first-order valence-electron chi connectivity index (χ1n) is 7.28. The molecule has 2 rings (SSSR count). The van der Waals surface area contributed by atoms with Gasteiger partial charge in [0, 0.05) is 13.1 Å². The third kappa shape index (κ3) is 3.46. The molecule has 5 heteroatoms. The minimum atomic E-state index is -0.492. The van der Waals surface area contributed by atoms with E-state index >= 15 is 0 Å². The maximum absolute atomic E-state index is 13.3. The monoisotopic (exact) mass is 279 g/mol. The molecular formula is C15H22FN3O. The smallest absolute Gasteiger partial charge is 0.255 e. The number of rotatable bonds is 7. The Hall–Kier alpha value is -1.65. The Kier molecular flexibility index (Phi) is 4.57. The summed E-state index contributed by atoms with van der Waals surface area (Å²) in [5.74, 6) is -0.295. The molecule has 1 amide bonds. The number of nitrogens with one attached hydrogen (secondary N) is 2. The summed E-state index contributed by atoms with van der Waals surface area (Å²) in [6.45, 7) is 5.52. The molecule has 4 nitrogen and oxygen atoms in total. The van der Waals surface area contributed by atoms with Gasteiger partial charge in [-0.1, -0.05) is 13.8 Å². The number of hydrogen-bond donors (Lipinski definition) is 2. The summed E-state index contributed by atoms with van der Waals surface area (Å²) < 4.78 is 13.3. The van der Waals surface area contributed by atoms with E-state index in [1.807, 2.05) is 6.92 Å². The van der Waals surface area contributed by atoms with Gasteiger partial charge in [0.2, 0.25) is 0 Å². The van der Waals surface area contributed by atoms with Crippen molar-refractivity contribution in [2.24, 2.45) is 5.41 Å². The Bertz CT molecular complexity index is 486. The van der Waals surface area contributed by atoms with Crippen LogP contribution in [-0.2, 0) is 0 Å². The fourth-order valence-electron chi connectivity index (χ4n) is 2.19. The molecule has 0 spiro atoms. The quantitative estimate of drug-likeness (QED) is 0.807. The fourth-order valence-corrected chi connectivity index (χ4v) is 2.19. The normalized spacial score (nSPS) is 15.8. The van der Waals surface area contributed by atoms with E-state index in [4.69, 9.17) is 0 Å². The molecule has 0 unspecified atom stereocenters. The minimum absolute atomic E-state index is 0.254. The number of carbonyl (C=O) groups excluding carboxylic acids is 1. The van der Waals surface area contributed by atoms with E-state index in [0.717, 1.165) is 31.9 Å². The van der Waals surface area contributed by atoms with E-state index < -0.39 is 5.82 Å². The molecule has 1 aromatic heterocycles. The van der Waals surface area contributed by atoms with E-state index in [0.29, 0.717) is 18.9 Å². The van der Waals surface area contributed by atoms with Gasteiger partial charge in [-0.2, -0.15) is 0 Å². The summed E-state index contributed by atoms with van der Waals surface area (Å²) in [5.41, 5.74) is 0.554. The molecular weight excluding hydrogens is 257 g/mol. The molecule has 20 heavy (non-hydrogen) atoms. The van der Waals surface area contributed by atoms with E-state index in [2.05, 4.69) is 22.5 Å². The second-order valence-electron chi connectivity index (χ2n) is 5.51. The van der Waals surface area contributed by atoms with Crippen molar-refractivity contribution < 1.29 is 9.18 Å². The summed E-state index contributed by atoms with van der Waals surface area (Å²) in [6.07, 6.45) is 5.43. The molecule has 0 bridgehead atoms. The van der Waals surface area contributed by atoms with Gasteiger partial charge < -0.3 is 10.6 Å². The van der Waals surface area contributed by atoms with Gasteiger partial charge in [-0.15, -0.1) is 0 Å². The number of aromatic nitrogens is 1. The van der Waals surface area contributed by atoms with Crippen LogP contribution in [0.3, 0.4) is 0 Å². The molecule has 2 N–H and O–H groups in total. The number of anilines is 1. The lowest BCUT2D eigenvalue weighted by Crippen LogP contribution is -2.30. The molecule has 0 aromatic carbocycles. The zero-order valence-electron chi connectivity index (χ0n) is 12.1. The van der Waals surface area contributed by atoms with Gasteiger partial charge in [0.1, 0.15) is 11.6 Å². The maximum Gasteiger partial charge on any atom is 0.255 e. The molecule has 0 aliphatic heterocycles. The average molecular weight is 279 g/mol. The van der Waals surface area contributed by atoms with Crippen molar-refractivity contribution in [1.82, 2.24) is 10.3 Å². The first-order valence-corrected chi connectivity index (χ1v) is 7.28. The first-order chi connectivity index (χ1) is 9.60. The second-order valence-corrected chi connectivity index (χ2v) is 5.51. The first kappa shape index (κ1) is 14.8. The number of halogens is 1. The van der Waals surface area contributed by atoms with Crippen molar-refractivity contribution in [3.05, 3.63) is 23.6 Å². The van der Waals surface area contributed by atoms with Crippen molar-refractivity contribution in [2.45, 2.75) is 39.5 Å². The van der Waals surface area contributed by atoms with Gasteiger partial charge in [0.05, 0.1) is 11.8 Å². The van der Waals surface area contributed by atoms with Crippen LogP contribution in [0.15, 0.2) is 12.3 Å². The summed E-state index contributed by atoms with van der Waals surface area (Å²) in [6, 6.07) is 1.24. The van der Waals surface area contributed by atoms with Gasteiger partial charge in [-0.25, -0.2) is 9.37 Å². The van der Waals surface area contributed by atoms with Crippen LogP contribution in [0.2, 0.25) is 0 Å². The van der Waals surface area contributed by atoms with Crippen molar-refractivity contribution >= 4 is 11.7 Å². The summed E-state index contributed by atoms with van der Waals surface area (Å²) in [4.78, 5) is 16.2. The molecule has 1 aliphatic rings. The van der Waals surface area contributed by atoms with Crippen LogP contribution in [0.1, 0.15) is 49.9 Å². The van der Waals surface area contributed by atoms with Crippen LogP contribution in [0, 0.1) is 11.2 Å². The lowest BCUT2D eigenvalue weighted by molar-refractivity contribution is 0.0944. The Morgan fingerprint density at radius 3 is 2.80 bits per heavy atom. The topological polar surface area (TPSA) is 54.0 Å². The predicted molar refractivity (Wildman–Crippen MR) is 77.3 cm³/mol. The van der Waals surface area contributed by atoms with Gasteiger partial charge in [0.15, 0.2) is 0 Å². The average Bonchev–Trinajstić information content (AvgIpc) is 3.24. The highest BCUT2D eigenvalue weighted by Gasteiger charge is 2.40. The molecule has 1 heterocycles. The SMILES string of the molecule is CCCNc1ncc(F)cc1C(=O)NCC1(CC)CC1. The summed E-state index contributed by atoms with van der Waals surface area (Å²) in [7, 11) is 0. The van der Waals surface area contributed by atoms with Gasteiger partial charge in [-0.3, -0.25) is 4.79 Å². The van der Waals surface area contributed by atoms with Gasteiger partial charge in [-0.05, 0) is 37.2 Å². The number of hydrogen-bond acceptors (Lipinski definition) is 3. The Balaban J connectivity index is 2.05. The number of amides is 1. The predicted octanol–water partition coefficient (Wildman–Crippen LogP) is 2.96. The fraction of sp³-hybridized carbons (Fsp3) is 0.600. The van der Waals surface area contributed by atoms with Crippen LogP contribution in [0.25, 0.3) is 0 Å². The van der Waals surface area contributed by atoms with Crippen LogP contribution in [0.5, 0.6) is 0 Å². The Labute approximate surface area is 119 Å². The van der Waals surface area contributed by atoms with E-state index in [1.165, 1.54) is 6.07 Å². The van der Waals surface area contributed by atoms with Crippen LogP contribution in [-0.4, -0.2) is 24.0 Å². The molecule has 1 saturated carbocycles. The largest absolute Gasteiger partial charge is 0.369 e. The third-order valence-corrected chi connectivity index (χ3v) is 3.97. The Morgan fingerprint density at radius 2 is 2.20 bits per heavy atom. The van der Waals surface area contributed by atoms with Crippen LogP contribution in [0.4, 0.5) is 10.2 Å². The number of carbonyl (C=O) groups is 1. The minimum Gasteiger partial charge on any atom is -0.369 e. The van der Waals surface area contributed by atoms with Crippen molar-refractivity contribution in [2.75, 3.05) is 18.4 Å². The molecule has 0 radical (unpaired) electrons. The van der Waals surface area contributed by atoms with Crippen LogP contribution < -0.4 is 10.6 Å². The third-order valence-electron chi connectivity index (χ3n) is 3.97. The van der Waals surface area contributed by atoms with Crippen LogP contribution >= 0.6 is 0 Å². The zero-order chi connectivity index (χ0) is 14.6. The molecule has 110 valence electrons. The second kappa shape index (κ2) is 6.20. The molecule has 0 atom stereocenters. The zero-order valence-corrected chi connectivity index (χ0v) is 12.1. The van der Waals surface area contributed by atoms with E-state index in [9.17, 15) is 9.18 Å². The molecule has 1 aromatic rings. The van der Waals surface area contributed by atoms with Crippen molar-refractivity contribution in [3.63, 3.8) is 0 Å². The summed E-state index contributed by atoms with van der Waals surface area (Å²) >= 11 is 0. The molecule has 0 saturated heterocycles. The number of pyridine rings is 1. The standard InChI is InChI=1S/C15H22FN3O/c1-3-7-17-13-12(8-11(16)9-18-13)14(20)19-10-15(4-2)5-6-15/h8-9H,3-7,10H2,1-2H3,(H,17,18)(H,19,20). The molecule has 1 fully saturated rings. The highest BCUT2D eigenvalue weighted by atomic mass is 19.1. The number of nitrogens with zero attached hydrogens (tertiary/aromatic N) is 1. The van der Waals surface area contributed by atoms with Crippen molar-refractivity contribution in [1.29, 1.82) is 0 Å². The Morgan fingerprint density at radius 1 is 1.45 bits per heavy atom. The lowest BCUT2D eigenvalue weighted by atomic mass is 10.0. The highest BCUT2D eigenvalue weighted by molar-refractivity contribution is 5.98. The lowest BCUT2D eigenvalue weighted by Gasteiger charge is -2.15.